The Morgan fingerprint density at radius 1 is 1.16 bits per heavy atom. The summed E-state index contributed by atoms with van der Waals surface area (Å²) in [5.74, 6) is 0. The Balaban J connectivity index is 1.96. The fourth-order valence-electron chi connectivity index (χ4n) is 2.75. The zero-order valence-corrected chi connectivity index (χ0v) is 12.3. The van der Waals surface area contributed by atoms with E-state index in [1.54, 1.807) is 0 Å². The molecular formula is C16H26N2O. The first-order valence-corrected chi connectivity index (χ1v) is 7.24. The summed E-state index contributed by atoms with van der Waals surface area (Å²) in [5, 5.41) is 10.5. The summed E-state index contributed by atoms with van der Waals surface area (Å²) >= 11 is 0. The molecule has 2 unspecified atom stereocenters. The molecule has 0 radical (unpaired) electrons. The highest BCUT2D eigenvalue weighted by atomic mass is 16.3. The molecule has 0 bridgehead atoms. The van der Waals surface area contributed by atoms with Crippen molar-refractivity contribution in [2.24, 2.45) is 0 Å². The van der Waals surface area contributed by atoms with Gasteiger partial charge < -0.3 is 10.0 Å². The molecule has 0 aliphatic carbocycles. The first-order chi connectivity index (χ1) is 9.10. The molecule has 19 heavy (non-hydrogen) atoms. The third kappa shape index (κ3) is 3.78. The predicted octanol–water partition coefficient (Wildman–Crippen LogP) is 1.40. The molecule has 1 fully saturated rings. The SMILES string of the molecule is CCc1ccc(CC(O)C2CN(C)CCN2C)cc1. The Hall–Kier alpha value is -0.900. The van der Waals surface area contributed by atoms with Gasteiger partial charge in [0.15, 0.2) is 0 Å². The number of hydrogen-bond donors (Lipinski definition) is 1. The van der Waals surface area contributed by atoms with Crippen LogP contribution in [0, 0.1) is 0 Å². The average Bonchev–Trinajstić information content (AvgIpc) is 2.42. The number of aliphatic hydroxyl groups excluding tert-OH is 1. The first kappa shape index (κ1) is 14.5. The van der Waals surface area contributed by atoms with Gasteiger partial charge in [-0.15, -0.1) is 0 Å². The molecule has 0 amide bonds. The lowest BCUT2D eigenvalue weighted by Gasteiger charge is -2.40. The van der Waals surface area contributed by atoms with E-state index in [4.69, 9.17) is 0 Å². The molecule has 1 N–H and O–H groups in total. The molecule has 1 saturated heterocycles. The second-order valence-electron chi connectivity index (χ2n) is 5.75. The molecule has 1 heterocycles. The lowest BCUT2D eigenvalue weighted by Crippen LogP contribution is -2.55. The fourth-order valence-corrected chi connectivity index (χ4v) is 2.75. The molecule has 0 spiro atoms. The molecule has 106 valence electrons. The van der Waals surface area contributed by atoms with E-state index in [2.05, 4.69) is 55.1 Å². The zero-order chi connectivity index (χ0) is 13.8. The van der Waals surface area contributed by atoms with Gasteiger partial charge in [0.1, 0.15) is 0 Å². The smallest absolute Gasteiger partial charge is 0.0747 e. The Bertz CT molecular complexity index is 390. The summed E-state index contributed by atoms with van der Waals surface area (Å²) in [4.78, 5) is 4.58. The van der Waals surface area contributed by atoms with Crippen molar-refractivity contribution in [1.82, 2.24) is 9.80 Å². The van der Waals surface area contributed by atoms with Crippen molar-refractivity contribution in [3.63, 3.8) is 0 Å². The third-order valence-corrected chi connectivity index (χ3v) is 4.22. The lowest BCUT2D eigenvalue weighted by atomic mass is 9.98. The maximum atomic E-state index is 10.5. The van der Waals surface area contributed by atoms with E-state index >= 15 is 0 Å². The van der Waals surface area contributed by atoms with Gasteiger partial charge in [-0.2, -0.15) is 0 Å². The summed E-state index contributed by atoms with van der Waals surface area (Å²) in [5.41, 5.74) is 2.58. The van der Waals surface area contributed by atoms with Crippen LogP contribution in [0.2, 0.25) is 0 Å². The Morgan fingerprint density at radius 2 is 1.79 bits per heavy atom. The summed E-state index contributed by atoms with van der Waals surface area (Å²) in [7, 11) is 4.24. The third-order valence-electron chi connectivity index (χ3n) is 4.22. The second-order valence-corrected chi connectivity index (χ2v) is 5.75. The van der Waals surface area contributed by atoms with E-state index in [0.29, 0.717) is 0 Å². The van der Waals surface area contributed by atoms with Crippen molar-refractivity contribution in [3.8, 4) is 0 Å². The van der Waals surface area contributed by atoms with Gasteiger partial charge in [0, 0.05) is 25.7 Å². The van der Waals surface area contributed by atoms with Gasteiger partial charge in [-0.25, -0.2) is 0 Å². The number of piperazine rings is 1. The molecule has 1 aromatic carbocycles. The minimum absolute atomic E-state index is 0.240. The summed E-state index contributed by atoms with van der Waals surface area (Å²) in [6.07, 6.45) is 1.52. The normalized spacial score (nSPS) is 23.5. The molecule has 3 heteroatoms. The van der Waals surface area contributed by atoms with Crippen LogP contribution >= 0.6 is 0 Å². The van der Waals surface area contributed by atoms with E-state index < -0.39 is 0 Å². The molecule has 3 nitrogen and oxygen atoms in total. The van der Waals surface area contributed by atoms with Gasteiger partial charge in [0.05, 0.1) is 6.10 Å². The number of likely N-dealkylation sites (N-methyl/N-ethyl adjacent to an activating group) is 2. The summed E-state index contributed by atoms with van der Waals surface area (Å²) in [6.45, 7) is 5.24. The van der Waals surface area contributed by atoms with Crippen LogP contribution < -0.4 is 0 Å². The molecule has 2 rings (SSSR count). The minimum Gasteiger partial charge on any atom is -0.391 e. The molecule has 1 aliphatic rings. The Labute approximate surface area is 116 Å². The standard InChI is InChI=1S/C16H26N2O/c1-4-13-5-7-14(8-6-13)11-16(19)15-12-17(2)9-10-18(15)3/h5-8,15-16,19H,4,9-12H2,1-3H3. The minimum atomic E-state index is -0.291. The molecule has 0 aromatic heterocycles. The van der Waals surface area contributed by atoms with Gasteiger partial charge in [0.2, 0.25) is 0 Å². The molecule has 0 saturated carbocycles. The van der Waals surface area contributed by atoms with Gasteiger partial charge in [-0.3, -0.25) is 4.90 Å². The average molecular weight is 262 g/mol. The van der Waals surface area contributed by atoms with E-state index in [-0.39, 0.29) is 12.1 Å². The fraction of sp³-hybridized carbons (Fsp3) is 0.625. The second kappa shape index (κ2) is 6.51. The largest absolute Gasteiger partial charge is 0.391 e. The van der Waals surface area contributed by atoms with Crippen LogP contribution in [0.15, 0.2) is 24.3 Å². The van der Waals surface area contributed by atoms with Crippen molar-refractivity contribution >= 4 is 0 Å². The summed E-state index contributed by atoms with van der Waals surface area (Å²) < 4.78 is 0. The monoisotopic (exact) mass is 262 g/mol. The van der Waals surface area contributed by atoms with E-state index in [1.165, 1.54) is 11.1 Å². The Morgan fingerprint density at radius 3 is 2.42 bits per heavy atom. The quantitative estimate of drug-likeness (QED) is 0.888. The van der Waals surface area contributed by atoms with Crippen molar-refractivity contribution in [1.29, 1.82) is 0 Å². The van der Waals surface area contributed by atoms with Crippen LogP contribution in [0.5, 0.6) is 0 Å². The van der Waals surface area contributed by atoms with E-state index in [9.17, 15) is 5.11 Å². The predicted molar refractivity (Wildman–Crippen MR) is 79.4 cm³/mol. The van der Waals surface area contributed by atoms with E-state index in [1.807, 2.05) is 0 Å². The highest BCUT2D eigenvalue weighted by molar-refractivity contribution is 5.23. The summed E-state index contributed by atoms with van der Waals surface area (Å²) in [6, 6.07) is 8.87. The van der Waals surface area contributed by atoms with Gasteiger partial charge >= 0.3 is 0 Å². The van der Waals surface area contributed by atoms with Crippen LogP contribution in [-0.2, 0) is 12.8 Å². The Kier molecular flexibility index (Phi) is 4.97. The number of benzene rings is 1. The van der Waals surface area contributed by atoms with Crippen LogP contribution in [0.25, 0.3) is 0 Å². The molecule has 1 aromatic rings. The highest BCUT2D eigenvalue weighted by Crippen LogP contribution is 2.15. The molecular weight excluding hydrogens is 236 g/mol. The molecule has 2 atom stereocenters. The van der Waals surface area contributed by atoms with Crippen LogP contribution in [0.4, 0.5) is 0 Å². The van der Waals surface area contributed by atoms with Gasteiger partial charge in [-0.1, -0.05) is 31.2 Å². The lowest BCUT2D eigenvalue weighted by molar-refractivity contribution is 0.0153. The van der Waals surface area contributed by atoms with Gasteiger partial charge in [0.25, 0.3) is 0 Å². The number of nitrogens with zero attached hydrogens (tertiary/aromatic N) is 2. The van der Waals surface area contributed by atoms with Crippen molar-refractivity contribution < 1.29 is 5.11 Å². The van der Waals surface area contributed by atoms with Crippen LogP contribution in [0.1, 0.15) is 18.1 Å². The number of aryl methyl sites for hydroxylation is 1. The maximum absolute atomic E-state index is 10.5. The van der Waals surface area contributed by atoms with Crippen LogP contribution in [-0.4, -0.2) is 60.8 Å². The van der Waals surface area contributed by atoms with Crippen molar-refractivity contribution in [3.05, 3.63) is 35.4 Å². The van der Waals surface area contributed by atoms with Crippen molar-refractivity contribution in [2.75, 3.05) is 33.7 Å². The number of hydrogen-bond acceptors (Lipinski definition) is 3. The van der Waals surface area contributed by atoms with Crippen molar-refractivity contribution in [2.45, 2.75) is 31.9 Å². The van der Waals surface area contributed by atoms with Crippen LogP contribution in [0.3, 0.4) is 0 Å². The van der Waals surface area contributed by atoms with E-state index in [0.717, 1.165) is 32.5 Å². The number of aliphatic hydroxyl groups is 1. The first-order valence-electron chi connectivity index (χ1n) is 7.24. The zero-order valence-electron chi connectivity index (χ0n) is 12.3. The molecule has 1 aliphatic heterocycles. The topological polar surface area (TPSA) is 26.7 Å². The van der Waals surface area contributed by atoms with Gasteiger partial charge in [-0.05, 0) is 38.1 Å². The number of rotatable bonds is 4. The maximum Gasteiger partial charge on any atom is 0.0747 e. The highest BCUT2D eigenvalue weighted by Gasteiger charge is 2.28.